The maximum atomic E-state index is 10.1. The van der Waals surface area contributed by atoms with Gasteiger partial charge in [-0.25, -0.2) is 4.79 Å². The van der Waals surface area contributed by atoms with Crippen LogP contribution in [0.25, 0.3) is 0 Å². The Morgan fingerprint density at radius 1 is 1.56 bits per heavy atom. The number of nitrogens with one attached hydrogen (secondary N) is 1. The van der Waals surface area contributed by atoms with E-state index in [4.69, 9.17) is 5.73 Å². The second-order valence-electron chi connectivity index (χ2n) is 1.33. The second-order valence-corrected chi connectivity index (χ2v) is 8.59. The molecule has 0 rings (SSSR count). The number of alkyl halides is 3. The lowest BCUT2D eigenvalue weighted by molar-refractivity contribution is 0.249. The molecule has 0 heterocycles. The van der Waals surface area contributed by atoms with E-state index in [-0.39, 0.29) is 0 Å². The van der Waals surface area contributed by atoms with Gasteiger partial charge in [-0.05, 0) is 0 Å². The first-order chi connectivity index (χ1) is 3.92. The molecule has 0 aromatic carbocycles. The Hall–Kier alpha value is 0.710. The van der Waals surface area contributed by atoms with Crippen LogP contribution in [-0.2, 0) is 0 Å². The van der Waals surface area contributed by atoms with E-state index < -0.39 is 8.17 Å². The number of urea groups is 1. The first-order valence-corrected chi connectivity index (χ1v) is 4.40. The number of amides is 2. The van der Waals surface area contributed by atoms with Crippen LogP contribution in [0.1, 0.15) is 0 Å². The number of rotatable bonds is 1. The molecule has 6 heteroatoms. The number of hydrogen-bond donors (Lipinski definition) is 2. The summed E-state index contributed by atoms with van der Waals surface area (Å²) >= 11 is 9.51. The molecule has 0 radical (unpaired) electrons. The van der Waals surface area contributed by atoms with Gasteiger partial charge in [-0.2, -0.15) is 0 Å². The number of primary amides is 1. The summed E-state index contributed by atoms with van der Waals surface area (Å²) in [6.45, 7) is 0.377. The summed E-state index contributed by atoms with van der Waals surface area (Å²) in [5, 5.41) is 2.38. The molecule has 0 aliphatic heterocycles. The Balaban J connectivity index is 3.39. The minimum absolute atomic E-state index is 0.377. The van der Waals surface area contributed by atoms with Crippen molar-refractivity contribution < 1.29 is 4.79 Å². The van der Waals surface area contributed by atoms with Gasteiger partial charge < -0.3 is 11.1 Å². The highest BCUT2D eigenvalue weighted by Gasteiger charge is 2.17. The topological polar surface area (TPSA) is 55.1 Å². The molecule has 54 valence electrons. The van der Waals surface area contributed by atoms with Crippen molar-refractivity contribution >= 4 is 53.8 Å². The Labute approximate surface area is 78.1 Å². The van der Waals surface area contributed by atoms with Gasteiger partial charge in [-0.3, -0.25) is 0 Å². The maximum absolute atomic E-state index is 10.1. The number of carbonyl (C=O) groups is 1. The summed E-state index contributed by atoms with van der Waals surface area (Å²) in [7, 11) is 0. The molecular formula is C3H5Br3N2O. The van der Waals surface area contributed by atoms with Crippen LogP contribution in [0.2, 0.25) is 0 Å². The van der Waals surface area contributed by atoms with Crippen molar-refractivity contribution in [2.24, 2.45) is 5.73 Å². The minimum atomic E-state index is -0.544. The van der Waals surface area contributed by atoms with Crippen LogP contribution in [0.4, 0.5) is 4.79 Å². The first-order valence-electron chi connectivity index (χ1n) is 2.02. The van der Waals surface area contributed by atoms with E-state index >= 15 is 0 Å². The zero-order valence-electron chi connectivity index (χ0n) is 4.33. The van der Waals surface area contributed by atoms with Crippen LogP contribution in [0.5, 0.6) is 0 Å². The lowest BCUT2D eigenvalue weighted by atomic mass is 10.7. The quantitative estimate of drug-likeness (QED) is 0.706. The second kappa shape index (κ2) is 3.78. The lowest BCUT2D eigenvalue weighted by Crippen LogP contribution is -2.35. The zero-order chi connectivity index (χ0) is 7.49. The Morgan fingerprint density at radius 3 is 2.11 bits per heavy atom. The number of hydrogen-bond acceptors (Lipinski definition) is 1. The Kier molecular flexibility index (Phi) is 4.07. The summed E-state index contributed by atoms with van der Waals surface area (Å²) < 4.78 is -0.442. The molecule has 0 aliphatic rings. The molecule has 0 aromatic heterocycles. The average molecular weight is 325 g/mol. The molecule has 0 saturated carbocycles. The summed E-state index contributed by atoms with van der Waals surface area (Å²) in [4.78, 5) is 10.1. The summed E-state index contributed by atoms with van der Waals surface area (Å²) in [5.41, 5.74) is 4.79. The van der Waals surface area contributed by atoms with Crippen LogP contribution >= 0.6 is 47.8 Å². The lowest BCUT2D eigenvalue weighted by Gasteiger charge is -2.10. The molecule has 2 amide bonds. The zero-order valence-corrected chi connectivity index (χ0v) is 9.08. The number of halogens is 3. The largest absolute Gasteiger partial charge is 0.352 e. The molecule has 0 aliphatic carbocycles. The smallest absolute Gasteiger partial charge is 0.312 e. The van der Waals surface area contributed by atoms with Crippen molar-refractivity contribution in [2.45, 2.75) is 2.14 Å². The van der Waals surface area contributed by atoms with E-state index in [1.54, 1.807) is 0 Å². The van der Waals surface area contributed by atoms with Crippen LogP contribution in [-0.4, -0.2) is 14.7 Å². The highest BCUT2D eigenvalue weighted by Crippen LogP contribution is 2.31. The van der Waals surface area contributed by atoms with Crippen molar-refractivity contribution in [3.63, 3.8) is 0 Å². The molecular weight excluding hydrogens is 320 g/mol. The van der Waals surface area contributed by atoms with Crippen LogP contribution in [0.15, 0.2) is 0 Å². The van der Waals surface area contributed by atoms with E-state index in [0.29, 0.717) is 6.54 Å². The van der Waals surface area contributed by atoms with Gasteiger partial charge in [0.05, 0.1) is 6.54 Å². The van der Waals surface area contributed by atoms with E-state index in [1.165, 1.54) is 0 Å². The van der Waals surface area contributed by atoms with Gasteiger partial charge in [0.15, 0.2) is 2.14 Å². The SMILES string of the molecule is NC(=O)NCC(Br)(Br)Br. The molecule has 0 spiro atoms. The molecule has 9 heavy (non-hydrogen) atoms. The van der Waals surface area contributed by atoms with Gasteiger partial charge in [0.25, 0.3) is 0 Å². The van der Waals surface area contributed by atoms with Crippen molar-refractivity contribution in [1.82, 2.24) is 5.32 Å². The van der Waals surface area contributed by atoms with Gasteiger partial charge in [0.1, 0.15) is 0 Å². The summed E-state index contributed by atoms with van der Waals surface area (Å²) in [6, 6.07) is -0.544. The van der Waals surface area contributed by atoms with Gasteiger partial charge in [-0.1, -0.05) is 47.8 Å². The van der Waals surface area contributed by atoms with Gasteiger partial charge in [0.2, 0.25) is 0 Å². The molecule has 0 unspecified atom stereocenters. The summed E-state index contributed by atoms with van der Waals surface area (Å²) in [5.74, 6) is 0. The third-order valence-electron chi connectivity index (χ3n) is 0.463. The predicted octanol–water partition coefficient (Wildman–Crippen LogP) is 1.49. The molecule has 0 atom stereocenters. The molecule has 3 nitrogen and oxygen atoms in total. The van der Waals surface area contributed by atoms with Crippen LogP contribution in [0.3, 0.4) is 0 Å². The van der Waals surface area contributed by atoms with E-state index in [1.807, 2.05) is 0 Å². The number of carbonyl (C=O) groups excluding carboxylic acids is 1. The van der Waals surface area contributed by atoms with Gasteiger partial charge >= 0.3 is 6.03 Å². The van der Waals surface area contributed by atoms with Crippen molar-refractivity contribution in [3.05, 3.63) is 0 Å². The Bertz CT molecular complexity index is 110. The first kappa shape index (κ1) is 9.71. The van der Waals surface area contributed by atoms with E-state index in [9.17, 15) is 4.79 Å². The van der Waals surface area contributed by atoms with Gasteiger partial charge in [0, 0.05) is 0 Å². The normalized spacial score (nSPS) is 11.0. The fourth-order valence-corrected chi connectivity index (χ4v) is 0.608. The molecule has 0 bridgehead atoms. The van der Waals surface area contributed by atoms with Crippen molar-refractivity contribution in [2.75, 3.05) is 6.54 Å². The minimum Gasteiger partial charge on any atom is -0.352 e. The third-order valence-corrected chi connectivity index (χ3v) is 1.30. The van der Waals surface area contributed by atoms with Crippen molar-refractivity contribution in [3.8, 4) is 0 Å². The maximum Gasteiger partial charge on any atom is 0.312 e. The summed E-state index contributed by atoms with van der Waals surface area (Å²) in [6.07, 6.45) is 0. The van der Waals surface area contributed by atoms with E-state index in [0.717, 1.165) is 0 Å². The fraction of sp³-hybridized carbons (Fsp3) is 0.667. The van der Waals surface area contributed by atoms with Crippen LogP contribution in [0, 0.1) is 0 Å². The highest BCUT2D eigenvalue weighted by molar-refractivity contribution is 9.39. The van der Waals surface area contributed by atoms with Crippen molar-refractivity contribution in [1.29, 1.82) is 0 Å². The third kappa shape index (κ3) is 8.71. The average Bonchev–Trinajstić information content (AvgIpc) is 1.59. The molecule has 3 N–H and O–H groups in total. The van der Waals surface area contributed by atoms with Gasteiger partial charge in [-0.15, -0.1) is 0 Å². The van der Waals surface area contributed by atoms with E-state index in [2.05, 4.69) is 53.1 Å². The molecule has 0 aromatic rings. The predicted molar refractivity (Wildman–Crippen MR) is 47.1 cm³/mol. The Morgan fingerprint density at radius 2 is 2.00 bits per heavy atom. The fourth-order valence-electron chi connectivity index (χ4n) is 0.187. The van der Waals surface area contributed by atoms with Crippen LogP contribution < -0.4 is 11.1 Å². The number of nitrogens with two attached hydrogens (primary N) is 1. The standard InChI is InChI=1S/C3H5Br3N2O/c4-3(5,6)1-8-2(7)9/h1H2,(H3,7,8,9). The highest BCUT2D eigenvalue weighted by atomic mass is 80.0. The molecule has 0 saturated heterocycles. The monoisotopic (exact) mass is 322 g/mol. The molecule has 0 fully saturated rings.